The molecule has 0 saturated carbocycles. The summed E-state index contributed by atoms with van der Waals surface area (Å²) in [5.41, 5.74) is 0. The van der Waals surface area contributed by atoms with Gasteiger partial charge in [0.25, 0.3) is 5.91 Å². The lowest BCUT2D eigenvalue weighted by Gasteiger charge is -2.14. The van der Waals surface area contributed by atoms with Crippen LogP contribution in [0.25, 0.3) is 0 Å². The molecule has 0 saturated heterocycles. The van der Waals surface area contributed by atoms with Gasteiger partial charge in [-0.1, -0.05) is 25.5 Å². The zero-order chi connectivity index (χ0) is 15.0. The summed E-state index contributed by atoms with van der Waals surface area (Å²) in [4.78, 5) is 22.2. The number of aromatic hydroxyl groups is 1. The van der Waals surface area contributed by atoms with Crippen LogP contribution in [0, 0.1) is 5.92 Å². The highest BCUT2D eigenvalue weighted by molar-refractivity contribution is 5.77. The molecule has 0 aliphatic carbocycles. The molecule has 0 radical (unpaired) electrons. The van der Waals surface area contributed by atoms with Gasteiger partial charge in [-0.05, 0) is 18.1 Å². The van der Waals surface area contributed by atoms with Crippen LogP contribution in [0.2, 0.25) is 0 Å². The molecule has 20 heavy (non-hydrogen) atoms. The van der Waals surface area contributed by atoms with E-state index in [1.807, 2.05) is 6.92 Å². The number of carbonyl (C=O) groups is 2. The van der Waals surface area contributed by atoms with E-state index in [4.69, 9.17) is 9.84 Å². The van der Waals surface area contributed by atoms with Gasteiger partial charge in [0.2, 0.25) is 0 Å². The zero-order valence-corrected chi connectivity index (χ0v) is 11.3. The van der Waals surface area contributed by atoms with Gasteiger partial charge in [0, 0.05) is 13.0 Å². The number of carbonyl (C=O) groups excluding carboxylic acids is 1. The van der Waals surface area contributed by atoms with Crippen molar-refractivity contribution in [1.82, 2.24) is 5.32 Å². The average Bonchev–Trinajstić information content (AvgIpc) is 2.42. The van der Waals surface area contributed by atoms with E-state index in [-0.39, 0.29) is 36.4 Å². The van der Waals surface area contributed by atoms with Gasteiger partial charge in [0.15, 0.2) is 18.1 Å². The fourth-order valence-electron chi connectivity index (χ4n) is 1.64. The number of carboxylic acid groups (broad SMARTS) is 1. The minimum atomic E-state index is -0.878. The summed E-state index contributed by atoms with van der Waals surface area (Å²) >= 11 is 0. The van der Waals surface area contributed by atoms with Crippen molar-refractivity contribution in [3.05, 3.63) is 24.3 Å². The van der Waals surface area contributed by atoms with Crippen LogP contribution in [0.3, 0.4) is 0 Å². The van der Waals surface area contributed by atoms with E-state index in [1.54, 1.807) is 18.2 Å². The summed E-state index contributed by atoms with van der Waals surface area (Å²) in [7, 11) is 0. The van der Waals surface area contributed by atoms with Crippen molar-refractivity contribution in [3.63, 3.8) is 0 Å². The molecule has 0 fully saturated rings. The molecule has 1 atom stereocenters. The van der Waals surface area contributed by atoms with Crippen molar-refractivity contribution in [3.8, 4) is 11.5 Å². The quantitative estimate of drug-likeness (QED) is 0.669. The van der Waals surface area contributed by atoms with Crippen LogP contribution in [0.1, 0.15) is 19.8 Å². The van der Waals surface area contributed by atoms with Crippen molar-refractivity contribution < 1.29 is 24.5 Å². The average molecular weight is 281 g/mol. The SMILES string of the molecule is CCC(CNC(=O)COc1ccccc1O)CC(=O)O. The van der Waals surface area contributed by atoms with Crippen LogP contribution in [-0.2, 0) is 9.59 Å². The Morgan fingerprint density at radius 2 is 2.05 bits per heavy atom. The number of para-hydroxylation sites is 2. The van der Waals surface area contributed by atoms with Gasteiger partial charge in [0.1, 0.15) is 0 Å². The number of ether oxygens (including phenoxy) is 1. The van der Waals surface area contributed by atoms with Crippen molar-refractivity contribution >= 4 is 11.9 Å². The van der Waals surface area contributed by atoms with Crippen LogP contribution in [0.5, 0.6) is 11.5 Å². The van der Waals surface area contributed by atoms with E-state index in [2.05, 4.69) is 5.32 Å². The summed E-state index contributed by atoms with van der Waals surface area (Å²) < 4.78 is 5.17. The second kappa shape index (κ2) is 8.04. The third kappa shape index (κ3) is 5.60. The Morgan fingerprint density at radius 1 is 1.35 bits per heavy atom. The van der Waals surface area contributed by atoms with Crippen LogP contribution in [-0.4, -0.2) is 35.2 Å². The molecule has 0 bridgehead atoms. The second-order valence-corrected chi connectivity index (χ2v) is 4.43. The maximum Gasteiger partial charge on any atom is 0.303 e. The second-order valence-electron chi connectivity index (χ2n) is 4.43. The predicted octanol–water partition coefficient (Wildman–Crippen LogP) is 1.39. The van der Waals surface area contributed by atoms with E-state index in [0.29, 0.717) is 13.0 Å². The lowest BCUT2D eigenvalue weighted by molar-refractivity contribution is -0.138. The van der Waals surface area contributed by atoms with E-state index < -0.39 is 5.97 Å². The van der Waals surface area contributed by atoms with Crippen molar-refractivity contribution in [2.75, 3.05) is 13.2 Å². The molecule has 6 nitrogen and oxygen atoms in total. The summed E-state index contributed by atoms with van der Waals surface area (Å²) in [5, 5.41) is 20.8. The molecular formula is C14H19NO5. The van der Waals surface area contributed by atoms with Gasteiger partial charge in [0.05, 0.1) is 0 Å². The van der Waals surface area contributed by atoms with E-state index in [9.17, 15) is 14.7 Å². The topological polar surface area (TPSA) is 95.9 Å². The molecule has 1 unspecified atom stereocenters. The molecule has 1 rings (SSSR count). The molecule has 110 valence electrons. The minimum Gasteiger partial charge on any atom is -0.504 e. The Hall–Kier alpha value is -2.24. The Morgan fingerprint density at radius 3 is 2.65 bits per heavy atom. The van der Waals surface area contributed by atoms with Gasteiger partial charge in [-0.3, -0.25) is 9.59 Å². The third-order valence-electron chi connectivity index (χ3n) is 2.85. The van der Waals surface area contributed by atoms with Crippen LogP contribution < -0.4 is 10.1 Å². The van der Waals surface area contributed by atoms with Crippen LogP contribution >= 0.6 is 0 Å². The Bertz CT molecular complexity index is 461. The Labute approximate surface area is 117 Å². The number of carboxylic acids is 1. The van der Waals surface area contributed by atoms with E-state index >= 15 is 0 Å². The number of hydrogen-bond acceptors (Lipinski definition) is 4. The van der Waals surface area contributed by atoms with Gasteiger partial charge >= 0.3 is 5.97 Å². The maximum absolute atomic E-state index is 11.6. The molecule has 1 aromatic rings. The number of phenolic OH excluding ortho intramolecular Hbond substituents is 1. The molecule has 1 aromatic carbocycles. The fourth-order valence-corrected chi connectivity index (χ4v) is 1.64. The predicted molar refractivity (Wildman–Crippen MR) is 72.6 cm³/mol. The van der Waals surface area contributed by atoms with E-state index in [1.165, 1.54) is 6.07 Å². The molecule has 0 aliphatic heterocycles. The molecule has 6 heteroatoms. The highest BCUT2D eigenvalue weighted by Gasteiger charge is 2.13. The molecule has 0 heterocycles. The first kappa shape index (κ1) is 15.8. The summed E-state index contributed by atoms with van der Waals surface area (Å²) in [6.45, 7) is 1.95. The van der Waals surface area contributed by atoms with Gasteiger partial charge in [-0.25, -0.2) is 0 Å². The summed E-state index contributed by atoms with van der Waals surface area (Å²) in [5.74, 6) is -1.12. The molecule has 1 amide bonds. The first-order chi connectivity index (χ1) is 9.52. The summed E-state index contributed by atoms with van der Waals surface area (Å²) in [6, 6.07) is 6.36. The maximum atomic E-state index is 11.6. The minimum absolute atomic E-state index is 0.0249. The van der Waals surface area contributed by atoms with Gasteiger partial charge in [-0.15, -0.1) is 0 Å². The molecule has 0 aromatic heterocycles. The van der Waals surface area contributed by atoms with Crippen LogP contribution in [0.4, 0.5) is 0 Å². The number of phenols is 1. The van der Waals surface area contributed by atoms with E-state index in [0.717, 1.165) is 0 Å². The lowest BCUT2D eigenvalue weighted by atomic mass is 10.0. The molecular weight excluding hydrogens is 262 g/mol. The molecule has 3 N–H and O–H groups in total. The highest BCUT2D eigenvalue weighted by atomic mass is 16.5. The number of rotatable bonds is 8. The standard InChI is InChI=1S/C14H19NO5/c1-2-10(7-14(18)19)8-15-13(17)9-20-12-6-4-3-5-11(12)16/h3-6,10,16H,2,7-9H2,1H3,(H,15,17)(H,18,19). The van der Waals surface area contributed by atoms with Crippen molar-refractivity contribution in [2.45, 2.75) is 19.8 Å². The molecule has 0 aliphatic rings. The Kier molecular flexibility index (Phi) is 6.36. The lowest BCUT2D eigenvalue weighted by Crippen LogP contribution is -2.33. The zero-order valence-electron chi connectivity index (χ0n) is 11.3. The van der Waals surface area contributed by atoms with Gasteiger partial charge < -0.3 is 20.3 Å². The fraction of sp³-hybridized carbons (Fsp3) is 0.429. The Balaban J connectivity index is 2.33. The highest BCUT2D eigenvalue weighted by Crippen LogP contribution is 2.23. The van der Waals surface area contributed by atoms with Gasteiger partial charge in [-0.2, -0.15) is 0 Å². The first-order valence-corrected chi connectivity index (χ1v) is 6.42. The number of amides is 1. The van der Waals surface area contributed by atoms with Crippen LogP contribution in [0.15, 0.2) is 24.3 Å². The third-order valence-corrected chi connectivity index (χ3v) is 2.85. The van der Waals surface area contributed by atoms with Crippen molar-refractivity contribution in [1.29, 1.82) is 0 Å². The first-order valence-electron chi connectivity index (χ1n) is 6.42. The number of benzene rings is 1. The monoisotopic (exact) mass is 281 g/mol. The number of hydrogen-bond donors (Lipinski definition) is 3. The number of aliphatic carboxylic acids is 1. The smallest absolute Gasteiger partial charge is 0.303 e. The summed E-state index contributed by atoms with van der Waals surface area (Å²) in [6.07, 6.45) is 0.698. The van der Waals surface area contributed by atoms with Crippen molar-refractivity contribution in [2.24, 2.45) is 5.92 Å². The molecule has 0 spiro atoms. The largest absolute Gasteiger partial charge is 0.504 e. The normalized spacial score (nSPS) is 11.7. The number of nitrogens with one attached hydrogen (secondary N) is 1.